The van der Waals surface area contributed by atoms with Gasteiger partial charge in [-0.15, -0.1) is 0 Å². The number of halogens is 3. The Morgan fingerprint density at radius 2 is 1.66 bits per heavy atom. The molecule has 0 aromatic heterocycles. The van der Waals surface area contributed by atoms with Gasteiger partial charge >= 0.3 is 18.2 Å². The highest BCUT2D eigenvalue weighted by Gasteiger charge is 2.41. The minimum atomic E-state index is -5.07. The van der Waals surface area contributed by atoms with Gasteiger partial charge < -0.3 is 25.4 Å². The quantitative estimate of drug-likeness (QED) is 0.273. The summed E-state index contributed by atoms with van der Waals surface area (Å²) in [6, 6.07) is 11.0. The van der Waals surface area contributed by atoms with Crippen molar-refractivity contribution in [2.75, 3.05) is 13.7 Å². The van der Waals surface area contributed by atoms with Gasteiger partial charge in [0.05, 0.1) is 23.0 Å². The Morgan fingerprint density at radius 1 is 1.02 bits per heavy atom. The highest BCUT2D eigenvalue weighted by Crippen LogP contribution is 2.26. The number of methoxy groups -OCH3 is 1. The second kappa shape index (κ2) is 14.5. The summed E-state index contributed by atoms with van der Waals surface area (Å²) in [5, 5.41) is 13.8. The molecule has 0 aliphatic carbocycles. The number of nitrogens with one attached hydrogen (secondary N) is 3. The number of hydrogen-bond donors (Lipinski definition) is 4. The molecule has 3 rings (SSSR count). The van der Waals surface area contributed by atoms with E-state index < -0.39 is 70.7 Å². The van der Waals surface area contributed by atoms with E-state index >= 15 is 0 Å². The summed E-state index contributed by atoms with van der Waals surface area (Å²) >= 11 is 0. The fourth-order valence-electron chi connectivity index (χ4n) is 4.91. The molecule has 2 aromatic rings. The topological polar surface area (TPSA) is 171 Å². The maximum absolute atomic E-state index is 13.3. The molecule has 1 heterocycles. The highest BCUT2D eigenvalue weighted by atomic mass is 32.2. The maximum Gasteiger partial charge on any atom is 0.471 e. The predicted octanol–water partition coefficient (Wildman–Crippen LogP) is 2.19. The Labute approximate surface area is 252 Å². The normalized spacial score (nSPS) is 17.3. The van der Waals surface area contributed by atoms with Crippen LogP contribution in [0.15, 0.2) is 59.5 Å². The van der Waals surface area contributed by atoms with Crippen LogP contribution in [0, 0.1) is 5.92 Å². The van der Waals surface area contributed by atoms with Crippen molar-refractivity contribution in [1.29, 1.82) is 0 Å². The zero-order valence-electron chi connectivity index (χ0n) is 23.8. The van der Waals surface area contributed by atoms with E-state index in [2.05, 4.69) is 5.32 Å². The smallest absolute Gasteiger partial charge is 0.465 e. The number of ether oxygens (including phenoxy) is 1. The Kier molecular flexibility index (Phi) is 11.3. The van der Waals surface area contributed by atoms with Crippen LogP contribution in [0.5, 0.6) is 0 Å². The van der Waals surface area contributed by atoms with Gasteiger partial charge in [-0.25, -0.2) is 17.9 Å². The van der Waals surface area contributed by atoms with Crippen molar-refractivity contribution in [2.45, 2.75) is 62.0 Å². The van der Waals surface area contributed by atoms with E-state index in [9.17, 15) is 45.9 Å². The summed E-state index contributed by atoms with van der Waals surface area (Å²) in [4.78, 5) is 50.1. The molecule has 240 valence electrons. The van der Waals surface area contributed by atoms with Crippen LogP contribution in [-0.2, 0) is 42.1 Å². The van der Waals surface area contributed by atoms with E-state index in [4.69, 9.17) is 4.74 Å². The molecule has 16 heteroatoms. The number of rotatable bonds is 12. The van der Waals surface area contributed by atoms with Gasteiger partial charge in [-0.2, -0.15) is 13.2 Å². The minimum Gasteiger partial charge on any atom is -0.465 e. The molecule has 0 unspecified atom stereocenters. The monoisotopic (exact) mass is 642 g/mol. The first kappa shape index (κ1) is 34.3. The first-order valence-electron chi connectivity index (χ1n) is 13.5. The Bertz CT molecular complexity index is 1440. The maximum atomic E-state index is 13.3. The van der Waals surface area contributed by atoms with Crippen LogP contribution in [0.4, 0.5) is 18.0 Å². The number of carbonyl (C=O) groups excluding carboxylic acids is 3. The number of likely N-dealkylation sites (tertiary alicyclic amines) is 1. The second-order valence-corrected chi connectivity index (χ2v) is 11.9. The van der Waals surface area contributed by atoms with Crippen molar-refractivity contribution in [3.05, 3.63) is 65.7 Å². The van der Waals surface area contributed by atoms with E-state index in [1.807, 2.05) is 4.72 Å². The number of benzene rings is 2. The number of hydrogen-bond acceptors (Lipinski definition) is 7. The Hall–Kier alpha value is -4.18. The van der Waals surface area contributed by atoms with Crippen LogP contribution in [0.3, 0.4) is 0 Å². The third-order valence-corrected chi connectivity index (χ3v) is 8.56. The molecular weight excluding hydrogens is 609 g/mol. The lowest BCUT2D eigenvalue weighted by Gasteiger charge is -2.33. The lowest BCUT2D eigenvalue weighted by Crippen LogP contribution is -2.54. The lowest BCUT2D eigenvalue weighted by molar-refractivity contribution is -0.173. The molecule has 1 aliphatic rings. The van der Waals surface area contributed by atoms with E-state index in [1.54, 1.807) is 35.6 Å². The second-order valence-electron chi connectivity index (χ2n) is 10.2. The summed E-state index contributed by atoms with van der Waals surface area (Å²) < 4.78 is 70.7. The molecule has 1 saturated heterocycles. The number of carboxylic acid groups (broad SMARTS) is 1. The Morgan fingerprint density at radius 3 is 2.23 bits per heavy atom. The van der Waals surface area contributed by atoms with Crippen LogP contribution >= 0.6 is 0 Å². The molecule has 44 heavy (non-hydrogen) atoms. The van der Waals surface area contributed by atoms with Crippen LogP contribution in [0.1, 0.15) is 30.9 Å². The van der Waals surface area contributed by atoms with Crippen molar-refractivity contribution in [2.24, 2.45) is 5.92 Å². The van der Waals surface area contributed by atoms with Crippen molar-refractivity contribution in [1.82, 2.24) is 20.3 Å². The number of alkyl halides is 3. The summed E-state index contributed by atoms with van der Waals surface area (Å²) in [6.45, 7) is 1.30. The molecule has 2 aromatic carbocycles. The third kappa shape index (κ3) is 8.92. The molecule has 12 nitrogen and oxygen atoms in total. The van der Waals surface area contributed by atoms with Gasteiger partial charge in [-0.05, 0) is 36.1 Å². The highest BCUT2D eigenvalue weighted by molar-refractivity contribution is 7.90. The summed E-state index contributed by atoms with van der Waals surface area (Å²) in [7, 11) is -3.14. The molecule has 1 fully saturated rings. The summed E-state index contributed by atoms with van der Waals surface area (Å²) in [6.07, 6.45) is -6.07. The van der Waals surface area contributed by atoms with Crippen LogP contribution < -0.4 is 15.4 Å². The number of sulfonamides is 1. The van der Waals surface area contributed by atoms with E-state index in [1.165, 1.54) is 31.1 Å². The molecule has 0 radical (unpaired) electrons. The lowest BCUT2D eigenvalue weighted by atomic mass is 9.94. The largest absolute Gasteiger partial charge is 0.471 e. The summed E-state index contributed by atoms with van der Waals surface area (Å²) in [5.41, 5.74) is 0.784. The van der Waals surface area contributed by atoms with Gasteiger partial charge in [0.25, 0.3) is 15.9 Å². The van der Waals surface area contributed by atoms with Crippen molar-refractivity contribution >= 4 is 33.8 Å². The molecule has 4 N–H and O–H groups in total. The zero-order chi connectivity index (χ0) is 32.7. The zero-order valence-corrected chi connectivity index (χ0v) is 24.7. The molecular formula is C28H33F3N4O8S. The SMILES string of the molecule is CO[C@H]([C@@H](C)C(=O)N[C@@H](Cc1ccccc1)C(=O)NS(=O)(=O)c1ccc(CNC(=O)C(F)(F)F)cc1)[C@@H]1CCCN1C(=O)O. The molecule has 0 bridgehead atoms. The van der Waals surface area contributed by atoms with Crippen LogP contribution in [-0.4, -0.2) is 80.3 Å². The van der Waals surface area contributed by atoms with E-state index in [0.717, 1.165) is 12.1 Å². The third-order valence-electron chi connectivity index (χ3n) is 7.20. The van der Waals surface area contributed by atoms with Crippen molar-refractivity contribution in [3.8, 4) is 0 Å². The standard InChI is InChI=1S/C28H33F3N4O8S/c1-17(23(43-2)22-9-6-14-35(22)27(39)40)24(36)33-21(15-18-7-4-3-5-8-18)25(37)34-44(41,42)20-12-10-19(11-13-20)16-32-26(38)28(29,30)31/h3-5,7-8,10-13,17,21-23H,6,9,14-16H2,1-2H3,(H,32,38)(H,33,36)(H,34,37)(H,39,40)/t17-,21+,22+,23-/m1/s1. The predicted molar refractivity (Wildman–Crippen MR) is 149 cm³/mol. The van der Waals surface area contributed by atoms with Gasteiger partial charge in [0.15, 0.2) is 0 Å². The van der Waals surface area contributed by atoms with Gasteiger partial charge in [-0.3, -0.25) is 14.4 Å². The minimum absolute atomic E-state index is 0.0825. The van der Waals surface area contributed by atoms with Crippen LogP contribution in [0.2, 0.25) is 0 Å². The van der Waals surface area contributed by atoms with Gasteiger partial charge in [0.1, 0.15) is 6.04 Å². The average molecular weight is 643 g/mol. The van der Waals surface area contributed by atoms with E-state index in [0.29, 0.717) is 18.4 Å². The number of carbonyl (C=O) groups is 4. The molecule has 0 saturated carbocycles. The fourth-order valence-corrected chi connectivity index (χ4v) is 5.93. The van der Waals surface area contributed by atoms with Crippen molar-refractivity contribution in [3.63, 3.8) is 0 Å². The van der Waals surface area contributed by atoms with Crippen LogP contribution in [0.25, 0.3) is 0 Å². The molecule has 1 aliphatic heterocycles. The van der Waals surface area contributed by atoms with Gasteiger partial charge in [0, 0.05) is 26.6 Å². The number of amides is 4. The Balaban J connectivity index is 1.75. The van der Waals surface area contributed by atoms with Gasteiger partial charge in [0.2, 0.25) is 5.91 Å². The molecule has 0 spiro atoms. The molecule has 4 atom stereocenters. The fraction of sp³-hybridized carbons (Fsp3) is 0.429. The number of nitrogens with zero attached hydrogens (tertiary/aromatic N) is 1. The van der Waals surface area contributed by atoms with E-state index in [-0.39, 0.29) is 23.4 Å². The van der Waals surface area contributed by atoms with Crippen molar-refractivity contribution < 1.29 is 50.6 Å². The summed E-state index contributed by atoms with van der Waals surface area (Å²) in [5.74, 6) is -4.79. The first-order chi connectivity index (χ1) is 20.6. The first-order valence-corrected chi connectivity index (χ1v) is 15.0. The average Bonchev–Trinajstić information content (AvgIpc) is 3.46. The van der Waals surface area contributed by atoms with Gasteiger partial charge in [-0.1, -0.05) is 49.4 Å². The molecule has 4 amide bonds.